The average Bonchev–Trinajstić information content (AvgIpc) is 2.94. The number of fused-ring (bicyclic) bond motifs is 4. The van der Waals surface area contributed by atoms with E-state index in [0.717, 1.165) is 6.42 Å². The van der Waals surface area contributed by atoms with E-state index >= 15 is 0 Å². The first kappa shape index (κ1) is 23.7. The molecule has 0 aromatic heterocycles. The van der Waals surface area contributed by atoms with Crippen molar-refractivity contribution in [2.24, 2.45) is 5.41 Å². The molecular weight excluding hydrogens is 468 g/mol. The average molecular weight is 501 g/mol. The van der Waals surface area contributed by atoms with Crippen LogP contribution in [0, 0.1) is 5.41 Å². The molecular formula is C39H32. The summed E-state index contributed by atoms with van der Waals surface area (Å²) in [4.78, 5) is 0. The Morgan fingerprint density at radius 3 is 1.41 bits per heavy atom. The second-order valence-electron chi connectivity index (χ2n) is 12.0. The van der Waals surface area contributed by atoms with Crippen LogP contribution in [0.15, 0.2) is 127 Å². The largest absolute Gasteiger partial charge is 0.0616 e. The van der Waals surface area contributed by atoms with Gasteiger partial charge in [0.15, 0.2) is 0 Å². The molecule has 0 radical (unpaired) electrons. The molecule has 0 aliphatic rings. The second kappa shape index (κ2) is 9.10. The minimum atomic E-state index is 0.217. The molecule has 39 heavy (non-hydrogen) atoms. The van der Waals surface area contributed by atoms with Crippen LogP contribution in [0.5, 0.6) is 0 Å². The van der Waals surface area contributed by atoms with Crippen LogP contribution in [0.4, 0.5) is 0 Å². The zero-order valence-electron chi connectivity index (χ0n) is 22.8. The summed E-state index contributed by atoms with van der Waals surface area (Å²) in [6.07, 6.45) is 1.04. The molecule has 7 aromatic rings. The van der Waals surface area contributed by atoms with Gasteiger partial charge in [-0.15, -0.1) is 0 Å². The van der Waals surface area contributed by atoms with E-state index in [1.54, 1.807) is 0 Å². The fraction of sp³-hybridized carbons (Fsp3) is 0.128. The smallest absolute Gasteiger partial charge is 0.00261 e. The maximum Gasteiger partial charge on any atom is -0.00261 e. The fourth-order valence-corrected chi connectivity index (χ4v) is 6.26. The summed E-state index contributed by atoms with van der Waals surface area (Å²) >= 11 is 0. The number of benzene rings is 7. The third kappa shape index (κ3) is 4.27. The molecule has 0 aliphatic heterocycles. The van der Waals surface area contributed by atoms with E-state index in [-0.39, 0.29) is 5.41 Å². The van der Waals surface area contributed by atoms with Crippen LogP contribution < -0.4 is 0 Å². The van der Waals surface area contributed by atoms with Crippen molar-refractivity contribution in [1.82, 2.24) is 0 Å². The molecule has 0 unspecified atom stereocenters. The van der Waals surface area contributed by atoms with E-state index in [1.165, 1.54) is 70.9 Å². The van der Waals surface area contributed by atoms with Crippen LogP contribution in [0.3, 0.4) is 0 Å². The van der Waals surface area contributed by atoms with Crippen LogP contribution >= 0.6 is 0 Å². The van der Waals surface area contributed by atoms with Crippen molar-refractivity contribution in [2.75, 3.05) is 0 Å². The zero-order valence-corrected chi connectivity index (χ0v) is 22.8. The van der Waals surface area contributed by atoms with Gasteiger partial charge in [-0.1, -0.05) is 136 Å². The third-order valence-corrected chi connectivity index (χ3v) is 7.90. The molecule has 7 rings (SSSR count). The zero-order chi connectivity index (χ0) is 26.6. The Kier molecular flexibility index (Phi) is 5.53. The monoisotopic (exact) mass is 500 g/mol. The van der Waals surface area contributed by atoms with E-state index < -0.39 is 0 Å². The highest BCUT2D eigenvalue weighted by Crippen LogP contribution is 2.45. The minimum Gasteiger partial charge on any atom is -0.0616 e. The Balaban J connectivity index is 1.60. The van der Waals surface area contributed by atoms with Gasteiger partial charge in [-0.2, -0.15) is 0 Å². The van der Waals surface area contributed by atoms with Gasteiger partial charge in [0.05, 0.1) is 0 Å². The summed E-state index contributed by atoms with van der Waals surface area (Å²) < 4.78 is 0. The molecule has 0 bridgehead atoms. The standard InChI is InChI=1S/C39H32/c1-39(2,3)25-26-16-21-35-36(22-26)38(32-20-18-28-11-5-7-13-30(28)24-32)34-15-9-8-14-33(34)37(35)31-19-17-27-10-4-6-12-29(27)23-31/h4-24H,25H2,1-3H3. The molecule has 0 amide bonds. The molecule has 0 atom stereocenters. The Morgan fingerprint density at radius 1 is 0.410 bits per heavy atom. The van der Waals surface area contributed by atoms with Crippen molar-refractivity contribution in [1.29, 1.82) is 0 Å². The summed E-state index contributed by atoms with van der Waals surface area (Å²) in [5, 5.41) is 10.3. The lowest BCUT2D eigenvalue weighted by atomic mass is 9.82. The van der Waals surface area contributed by atoms with Crippen molar-refractivity contribution in [3.8, 4) is 22.3 Å². The molecule has 0 heterocycles. The Morgan fingerprint density at radius 2 is 0.872 bits per heavy atom. The molecule has 0 fully saturated rings. The lowest BCUT2D eigenvalue weighted by molar-refractivity contribution is 0.411. The Labute approximate surface area is 230 Å². The van der Waals surface area contributed by atoms with Gasteiger partial charge in [-0.05, 0) is 94.9 Å². The molecule has 0 saturated carbocycles. The maximum absolute atomic E-state index is 2.46. The Hall–Kier alpha value is -4.42. The predicted molar refractivity (Wildman–Crippen MR) is 170 cm³/mol. The predicted octanol–water partition coefficient (Wildman–Crippen LogP) is 11.2. The highest BCUT2D eigenvalue weighted by Gasteiger charge is 2.19. The van der Waals surface area contributed by atoms with E-state index in [1.807, 2.05) is 0 Å². The Bertz CT molecular complexity index is 2020. The van der Waals surface area contributed by atoms with Crippen LogP contribution in [-0.4, -0.2) is 0 Å². The van der Waals surface area contributed by atoms with E-state index in [4.69, 9.17) is 0 Å². The van der Waals surface area contributed by atoms with Crippen LogP contribution in [0.1, 0.15) is 26.3 Å². The first-order chi connectivity index (χ1) is 18.9. The van der Waals surface area contributed by atoms with Crippen LogP contribution in [-0.2, 0) is 6.42 Å². The van der Waals surface area contributed by atoms with Crippen molar-refractivity contribution in [2.45, 2.75) is 27.2 Å². The maximum atomic E-state index is 2.46. The van der Waals surface area contributed by atoms with Crippen LogP contribution in [0.2, 0.25) is 0 Å². The summed E-state index contributed by atoms with van der Waals surface area (Å²) in [5.41, 5.74) is 6.78. The highest BCUT2D eigenvalue weighted by atomic mass is 14.2. The number of rotatable bonds is 3. The van der Waals surface area contributed by atoms with Gasteiger partial charge in [0.2, 0.25) is 0 Å². The quantitative estimate of drug-likeness (QED) is 0.212. The molecule has 0 N–H and O–H groups in total. The summed E-state index contributed by atoms with van der Waals surface area (Å²) in [6.45, 7) is 6.97. The summed E-state index contributed by atoms with van der Waals surface area (Å²) in [5.74, 6) is 0. The molecule has 7 aromatic carbocycles. The third-order valence-electron chi connectivity index (χ3n) is 7.90. The molecule has 0 saturated heterocycles. The number of hydrogen-bond acceptors (Lipinski definition) is 0. The number of hydrogen-bond donors (Lipinski definition) is 0. The summed E-state index contributed by atoms with van der Waals surface area (Å²) in [7, 11) is 0. The minimum absolute atomic E-state index is 0.217. The lowest BCUT2D eigenvalue weighted by Crippen LogP contribution is -2.09. The van der Waals surface area contributed by atoms with Gasteiger partial charge in [0, 0.05) is 0 Å². The van der Waals surface area contributed by atoms with Crippen molar-refractivity contribution >= 4 is 43.1 Å². The van der Waals surface area contributed by atoms with E-state index in [9.17, 15) is 0 Å². The summed E-state index contributed by atoms with van der Waals surface area (Å²) in [6, 6.07) is 47.3. The van der Waals surface area contributed by atoms with Crippen LogP contribution in [0.25, 0.3) is 65.3 Å². The fourth-order valence-electron chi connectivity index (χ4n) is 6.26. The van der Waals surface area contributed by atoms with Crippen molar-refractivity contribution < 1.29 is 0 Å². The molecule has 0 heteroatoms. The normalized spacial score (nSPS) is 12.1. The van der Waals surface area contributed by atoms with Gasteiger partial charge in [0.1, 0.15) is 0 Å². The topological polar surface area (TPSA) is 0 Å². The van der Waals surface area contributed by atoms with Gasteiger partial charge in [-0.25, -0.2) is 0 Å². The van der Waals surface area contributed by atoms with Gasteiger partial charge in [-0.3, -0.25) is 0 Å². The SMILES string of the molecule is CC(C)(C)Cc1ccc2c(-c3ccc4ccccc4c3)c3ccccc3c(-c3ccc4ccccc4c3)c2c1. The lowest BCUT2D eigenvalue weighted by Gasteiger charge is -2.21. The second-order valence-corrected chi connectivity index (χ2v) is 12.0. The first-order valence-corrected chi connectivity index (χ1v) is 13.9. The molecule has 0 spiro atoms. The van der Waals surface area contributed by atoms with E-state index in [0.29, 0.717) is 0 Å². The first-order valence-electron chi connectivity index (χ1n) is 13.9. The van der Waals surface area contributed by atoms with Gasteiger partial charge < -0.3 is 0 Å². The molecule has 0 aliphatic carbocycles. The highest BCUT2D eigenvalue weighted by molar-refractivity contribution is 6.22. The van der Waals surface area contributed by atoms with Gasteiger partial charge >= 0.3 is 0 Å². The van der Waals surface area contributed by atoms with Gasteiger partial charge in [0.25, 0.3) is 0 Å². The van der Waals surface area contributed by atoms with E-state index in [2.05, 4.69) is 148 Å². The van der Waals surface area contributed by atoms with Crippen molar-refractivity contribution in [3.05, 3.63) is 133 Å². The molecule has 188 valence electrons. The molecule has 0 nitrogen and oxygen atoms in total. The van der Waals surface area contributed by atoms with Crippen molar-refractivity contribution in [3.63, 3.8) is 0 Å².